The predicted molar refractivity (Wildman–Crippen MR) is 131 cm³/mol. The maximum absolute atomic E-state index is 14.0. The van der Waals surface area contributed by atoms with Crippen molar-refractivity contribution < 1.29 is 14.5 Å². The lowest BCUT2D eigenvalue weighted by atomic mass is 9.69. The highest BCUT2D eigenvalue weighted by Crippen LogP contribution is 2.57. The van der Waals surface area contributed by atoms with Gasteiger partial charge in [0.1, 0.15) is 11.3 Å². The lowest BCUT2D eigenvalue weighted by Crippen LogP contribution is -2.52. The van der Waals surface area contributed by atoms with Gasteiger partial charge in [-0.05, 0) is 40.7 Å². The van der Waals surface area contributed by atoms with Crippen molar-refractivity contribution in [1.29, 1.82) is 0 Å². The molecule has 1 aliphatic carbocycles. The molecule has 1 amide bonds. The number of halogens is 2. The topological polar surface area (TPSA) is 92.5 Å². The fourth-order valence-electron chi connectivity index (χ4n) is 5.47. The Kier molecular flexibility index (Phi) is 5.38. The highest BCUT2D eigenvalue weighted by molar-refractivity contribution is 9.11. The van der Waals surface area contributed by atoms with Crippen molar-refractivity contribution in [2.45, 2.75) is 11.5 Å². The van der Waals surface area contributed by atoms with Crippen LogP contribution in [-0.2, 0) is 15.1 Å². The quantitative estimate of drug-likeness (QED) is 0.414. The number of amides is 1. The molecule has 1 saturated heterocycles. The van der Waals surface area contributed by atoms with Crippen molar-refractivity contribution >= 4 is 54.9 Å². The van der Waals surface area contributed by atoms with E-state index >= 15 is 0 Å². The Labute approximate surface area is 206 Å². The molecule has 2 aromatic rings. The summed E-state index contributed by atoms with van der Waals surface area (Å²) in [4.78, 5) is 40.4. The Morgan fingerprint density at radius 3 is 2.48 bits per heavy atom. The van der Waals surface area contributed by atoms with Gasteiger partial charge in [-0.15, -0.1) is 0 Å². The summed E-state index contributed by atoms with van der Waals surface area (Å²) in [5, 5.41) is 14.1. The SMILES string of the molecule is CN1C[C@@H](c2ccc([N+](=O)[O-])cc2)[C@H](C(=O)C2C=CC=C2)[C@@]12C(=O)Nc1c(Br)cc(Br)cc12. The number of benzene rings is 2. The molecule has 7 nitrogen and oxygen atoms in total. The molecule has 0 aromatic heterocycles. The van der Waals surface area contributed by atoms with E-state index in [2.05, 4.69) is 37.2 Å². The third-order valence-electron chi connectivity index (χ3n) is 6.89. The van der Waals surface area contributed by atoms with E-state index < -0.39 is 22.3 Å². The van der Waals surface area contributed by atoms with Crippen LogP contribution in [0.3, 0.4) is 0 Å². The molecule has 168 valence electrons. The second kappa shape index (κ2) is 8.00. The number of likely N-dealkylation sites (tertiary alicyclic amines) is 1. The van der Waals surface area contributed by atoms with Crippen molar-refractivity contribution in [1.82, 2.24) is 4.90 Å². The standard InChI is InChI=1S/C24H19Br2N3O4/c1-28-12-17(13-6-8-16(9-7-13)29(32)33)20(22(30)14-4-2-3-5-14)24(28)18-10-15(25)11-19(26)21(18)27-23(24)31/h2-11,14,17,20H,12H2,1H3,(H,27,31)/t17-,20+,24-/m0/s1. The Balaban J connectivity index is 1.70. The number of non-ortho nitro benzene ring substituents is 1. The summed E-state index contributed by atoms with van der Waals surface area (Å²) in [5.41, 5.74) is 0.986. The van der Waals surface area contributed by atoms with Gasteiger partial charge >= 0.3 is 0 Å². The summed E-state index contributed by atoms with van der Waals surface area (Å²) >= 11 is 7.08. The number of likely N-dealkylation sites (N-methyl/N-ethyl adjacent to an activating group) is 1. The molecule has 1 spiro atoms. The van der Waals surface area contributed by atoms with Gasteiger partial charge in [0.2, 0.25) is 5.91 Å². The number of nitrogens with zero attached hydrogens (tertiary/aromatic N) is 2. The molecule has 1 fully saturated rings. The van der Waals surface area contributed by atoms with Gasteiger partial charge in [-0.3, -0.25) is 24.6 Å². The number of anilines is 1. The van der Waals surface area contributed by atoms with Crippen LogP contribution in [0.15, 0.2) is 69.6 Å². The van der Waals surface area contributed by atoms with Crippen molar-refractivity contribution in [2.75, 3.05) is 18.9 Å². The number of ketones is 1. The van der Waals surface area contributed by atoms with Gasteiger partial charge in [-0.25, -0.2) is 0 Å². The average Bonchev–Trinajstić information content (AvgIpc) is 3.48. The maximum Gasteiger partial charge on any atom is 0.269 e. The first-order valence-corrected chi connectivity index (χ1v) is 12.0. The van der Waals surface area contributed by atoms with Crippen LogP contribution in [0, 0.1) is 22.0 Å². The molecule has 0 saturated carbocycles. The summed E-state index contributed by atoms with van der Waals surface area (Å²) < 4.78 is 1.53. The summed E-state index contributed by atoms with van der Waals surface area (Å²) in [6, 6.07) is 10.1. The third-order valence-corrected chi connectivity index (χ3v) is 7.97. The molecule has 2 aliphatic heterocycles. The molecule has 2 heterocycles. The highest BCUT2D eigenvalue weighted by Gasteiger charge is 2.65. The smallest absolute Gasteiger partial charge is 0.269 e. The monoisotopic (exact) mass is 571 g/mol. The van der Waals surface area contributed by atoms with Crippen LogP contribution < -0.4 is 5.32 Å². The van der Waals surface area contributed by atoms with Gasteiger partial charge in [0.15, 0.2) is 0 Å². The zero-order chi connectivity index (χ0) is 23.5. The zero-order valence-corrected chi connectivity index (χ0v) is 20.7. The van der Waals surface area contributed by atoms with E-state index in [9.17, 15) is 19.7 Å². The number of nitrogens with one attached hydrogen (secondary N) is 1. The largest absolute Gasteiger partial charge is 0.323 e. The maximum atomic E-state index is 14.0. The van der Waals surface area contributed by atoms with Crippen LogP contribution >= 0.6 is 31.9 Å². The Morgan fingerprint density at radius 2 is 1.85 bits per heavy atom. The minimum absolute atomic E-state index is 0.0128. The van der Waals surface area contributed by atoms with Gasteiger partial charge in [0.05, 0.1) is 22.4 Å². The number of nitro groups is 1. The van der Waals surface area contributed by atoms with Gasteiger partial charge in [0, 0.05) is 39.1 Å². The van der Waals surface area contributed by atoms with Crippen LogP contribution in [0.2, 0.25) is 0 Å². The Hall–Kier alpha value is -2.62. The molecule has 2 aromatic carbocycles. The third kappa shape index (κ3) is 3.25. The molecule has 3 aliphatic rings. The molecule has 5 rings (SSSR count). The summed E-state index contributed by atoms with van der Waals surface area (Å²) in [6.07, 6.45) is 7.35. The zero-order valence-electron chi connectivity index (χ0n) is 17.5. The van der Waals surface area contributed by atoms with Crippen molar-refractivity contribution in [3.8, 4) is 0 Å². The van der Waals surface area contributed by atoms with Gasteiger partial charge in [-0.1, -0.05) is 52.4 Å². The molecule has 0 bridgehead atoms. The molecule has 33 heavy (non-hydrogen) atoms. The van der Waals surface area contributed by atoms with Crippen molar-refractivity contribution in [3.63, 3.8) is 0 Å². The second-order valence-electron chi connectivity index (χ2n) is 8.54. The number of nitro benzene ring substituents is 1. The van der Waals surface area contributed by atoms with Crippen molar-refractivity contribution in [3.05, 3.63) is 90.9 Å². The predicted octanol–water partition coefficient (Wildman–Crippen LogP) is 4.92. The number of hydrogen-bond donors (Lipinski definition) is 1. The number of carbonyl (C=O) groups excluding carboxylic acids is 2. The first-order valence-electron chi connectivity index (χ1n) is 10.4. The van der Waals surface area contributed by atoms with E-state index in [1.165, 1.54) is 12.1 Å². The minimum atomic E-state index is -1.20. The van der Waals surface area contributed by atoms with Crippen LogP contribution in [0.1, 0.15) is 17.0 Å². The summed E-state index contributed by atoms with van der Waals surface area (Å²) in [5.74, 6) is -1.73. The number of allylic oxidation sites excluding steroid dienone is 4. The first-order chi connectivity index (χ1) is 15.7. The lowest BCUT2D eigenvalue weighted by Gasteiger charge is -2.36. The number of hydrogen-bond acceptors (Lipinski definition) is 5. The minimum Gasteiger partial charge on any atom is -0.323 e. The van der Waals surface area contributed by atoms with E-state index in [1.54, 1.807) is 12.1 Å². The summed E-state index contributed by atoms with van der Waals surface area (Å²) in [7, 11) is 1.86. The van der Waals surface area contributed by atoms with Gasteiger partial charge in [-0.2, -0.15) is 0 Å². The van der Waals surface area contributed by atoms with E-state index in [0.717, 1.165) is 20.1 Å². The van der Waals surface area contributed by atoms with Crippen molar-refractivity contribution in [2.24, 2.45) is 11.8 Å². The molecule has 0 radical (unpaired) electrons. The van der Waals surface area contributed by atoms with Gasteiger partial charge < -0.3 is 5.32 Å². The van der Waals surface area contributed by atoms with E-state index in [4.69, 9.17) is 0 Å². The fourth-order valence-corrected chi connectivity index (χ4v) is 6.79. The fraction of sp³-hybridized carbons (Fsp3) is 0.250. The lowest BCUT2D eigenvalue weighted by molar-refractivity contribution is -0.384. The van der Waals surface area contributed by atoms with Crippen LogP contribution in [-0.4, -0.2) is 35.1 Å². The van der Waals surface area contributed by atoms with E-state index in [0.29, 0.717) is 12.2 Å². The number of Topliss-reactive ketones (excluding diaryl/α,β-unsaturated/α-hetero) is 1. The Bertz CT molecular complexity index is 1250. The number of fused-ring (bicyclic) bond motifs is 2. The normalized spacial score (nSPS) is 26.2. The molecule has 9 heteroatoms. The molecular weight excluding hydrogens is 554 g/mol. The van der Waals surface area contributed by atoms with Crippen LogP contribution in [0.5, 0.6) is 0 Å². The number of carbonyl (C=O) groups is 2. The molecule has 1 N–H and O–H groups in total. The highest BCUT2D eigenvalue weighted by atomic mass is 79.9. The molecular formula is C24H19Br2N3O4. The molecule has 0 unspecified atom stereocenters. The van der Waals surface area contributed by atoms with Crippen LogP contribution in [0.4, 0.5) is 11.4 Å². The van der Waals surface area contributed by atoms with E-state index in [1.807, 2.05) is 48.4 Å². The molecule has 3 atom stereocenters. The Morgan fingerprint density at radius 1 is 1.18 bits per heavy atom. The van der Waals surface area contributed by atoms with Crippen LogP contribution in [0.25, 0.3) is 0 Å². The van der Waals surface area contributed by atoms with E-state index in [-0.39, 0.29) is 23.3 Å². The first kappa shape index (κ1) is 22.2. The van der Waals surface area contributed by atoms with Gasteiger partial charge in [0.25, 0.3) is 5.69 Å². The second-order valence-corrected chi connectivity index (χ2v) is 10.3. The number of rotatable bonds is 4. The average molecular weight is 573 g/mol. The summed E-state index contributed by atoms with van der Waals surface area (Å²) in [6.45, 7) is 0.450.